The van der Waals surface area contributed by atoms with Gasteiger partial charge in [-0.05, 0) is 49.4 Å². The fourth-order valence-corrected chi connectivity index (χ4v) is 13.3. The van der Waals surface area contributed by atoms with Crippen LogP contribution in [0, 0.1) is 23.7 Å². The molecule has 0 radical (unpaired) electrons. The van der Waals surface area contributed by atoms with Crippen molar-refractivity contribution in [3.63, 3.8) is 0 Å². The topological polar surface area (TPSA) is 237 Å². The van der Waals surface area contributed by atoms with E-state index in [2.05, 4.69) is 55.4 Å². The third-order valence-corrected chi connectivity index (χ3v) is 20.1. The van der Waals surface area contributed by atoms with Gasteiger partial charge in [0.1, 0.15) is 19.3 Å². The van der Waals surface area contributed by atoms with Gasteiger partial charge < -0.3 is 33.8 Å². The van der Waals surface area contributed by atoms with E-state index in [4.69, 9.17) is 37.0 Å². The van der Waals surface area contributed by atoms with E-state index < -0.39 is 97.5 Å². The van der Waals surface area contributed by atoms with Crippen molar-refractivity contribution >= 4 is 39.5 Å². The smallest absolute Gasteiger partial charge is 0.462 e. The van der Waals surface area contributed by atoms with E-state index in [1.54, 1.807) is 0 Å². The number of hydrogen-bond acceptors (Lipinski definition) is 15. The maximum absolute atomic E-state index is 13.1. The van der Waals surface area contributed by atoms with Gasteiger partial charge >= 0.3 is 39.5 Å². The first-order chi connectivity index (χ1) is 46.1. The Balaban J connectivity index is 5.18. The molecular weight excluding hydrogens is 1260 g/mol. The third-order valence-electron chi connectivity index (χ3n) is 18.2. The second kappa shape index (κ2) is 66.3. The summed E-state index contributed by atoms with van der Waals surface area (Å²) in [5.74, 6) is 0.938. The first-order valence-electron chi connectivity index (χ1n) is 39.7. The Morgan fingerprint density at radius 2 is 0.500 bits per heavy atom. The van der Waals surface area contributed by atoms with E-state index in [-0.39, 0.29) is 25.7 Å². The Morgan fingerprint density at radius 3 is 0.740 bits per heavy atom. The van der Waals surface area contributed by atoms with Crippen LogP contribution in [0.1, 0.15) is 389 Å². The van der Waals surface area contributed by atoms with Crippen LogP contribution in [0.2, 0.25) is 0 Å². The van der Waals surface area contributed by atoms with Crippen LogP contribution in [0.5, 0.6) is 0 Å². The first kappa shape index (κ1) is 94.1. The largest absolute Gasteiger partial charge is 0.472 e. The summed E-state index contributed by atoms with van der Waals surface area (Å²) in [6.07, 6.45) is 51.5. The molecule has 6 atom stereocenters. The molecule has 0 aromatic rings. The molecule has 0 saturated carbocycles. The standard InChI is InChI=1S/C77H150O17P2/c1-9-70(8)56-48-40-32-22-18-16-14-12-10-11-13-15-17-19-23-35-43-51-59-76(81)93-72(63-87-74(79)57-49-41-33-27-25-30-38-46-54-68(4)5)65-91-95(83,84)89-61-71(78)62-90-96(85,86)92-66-73(64-88-75(80)58-50-42-34-28-26-31-39-47-55-69(6)7)94-77(82)60-52-44-36-24-20-21-29-37-45-53-67(2)3/h67-73,78H,9-66H2,1-8H3,(H,83,84)(H,85,86)/t70?,71?,72-,73-/m1/s1. The van der Waals surface area contributed by atoms with Crippen LogP contribution < -0.4 is 0 Å². The summed E-state index contributed by atoms with van der Waals surface area (Å²) in [4.78, 5) is 72.8. The zero-order chi connectivity index (χ0) is 71.0. The summed E-state index contributed by atoms with van der Waals surface area (Å²) in [7, 11) is -9.91. The van der Waals surface area contributed by atoms with Crippen molar-refractivity contribution in [2.75, 3.05) is 39.6 Å². The molecule has 0 aromatic carbocycles. The van der Waals surface area contributed by atoms with Gasteiger partial charge in [-0.15, -0.1) is 0 Å². The lowest BCUT2D eigenvalue weighted by Gasteiger charge is -2.21. The van der Waals surface area contributed by atoms with Gasteiger partial charge in [-0.25, -0.2) is 9.13 Å². The maximum atomic E-state index is 13.1. The van der Waals surface area contributed by atoms with Crippen molar-refractivity contribution in [1.82, 2.24) is 0 Å². The van der Waals surface area contributed by atoms with Gasteiger partial charge in [-0.1, -0.05) is 338 Å². The normalized spacial score (nSPS) is 14.4. The summed E-state index contributed by atoms with van der Waals surface area (Å²) in [5.41, 5.74) is 0. The molecule has 4 unspecified atom stereocenters. The number of aliphatic hydroxyl groups excluding tert-OH is 1. The van der Waals surface area contributed by atoms with Crippen LogP contribution in [0.15, 0.2) is 0 Å². The lowest BCUT2D eigenvalue weighted by atomic mass is 9.99. The highest BCUT2D eigenvalue weighted by Gasteiger charge is 2.30. The van der Waals surface area contributed by atoms with Crippen molar-refractivity contribution in [2.24, 2.45) is 23.7 Å². The minimum absolute atomic E-state index is 0.104. The summed E-state index contributed by atoms with van der Waals surface area (Å²) in [5, 5.41) is 10.6. The number of phosphoric ester groups is 2. The zero-order valence-corrected chi connectivity index (χ0v) is 64.8. The van der Waals surface area contributed by atoms with Crippen LogP contribution in [0.25, 0.3) is 0 Å². The van der Waals surface area contributed by atoms with Gasteiger partial charge in [-0.2, -0.15) is 0 Å². The van der Waals surface area contributed by atoms with Crippen LogP contribution in [0.3, 0.4) is 0 Å². The average molecular weight is 1410 g/mol. The van der Waals surface area contributed by atoms with Gasteiger partial charge in [0.15, 0.2) is 12.2 Å². The van der Waals surface area contributed by atoms with Gasteiger partial charge in [0.2, 0.25) is 0 Å². The Bertz CT molecular complexity index is 1890. The number of hydrogen-bond donors (Lipinski definition) is 3. The number of rotatable bonds is 74. The number of carbonyl (C=O) groups excluding carboxylic acids is 4. The average Bonchev–Trinajstić information content (AvgIpc) is 2.32. The fraction of sp³-hybridized carbons (Fsp3) is 0.948. The Hall–Kier alpha value is -1.94. The molecule has 3 N–H and O–H groups in total. The molecule has 17 nitrogen and oxygen atoms in total. The number of ether oxygens (including phenoxy) is 4. The second-order valence-corrected chi connectivity index (χ2v) is 32.3. The van der Waals surface area contributed by atoms with Crippen LogP contribution in [-0.4, -0.2) is 96.7 Å². The summed E-state index contributed by atoms with van der Waals surface area (Å²) >= 11 is 0. The Labute approximate surface area is 588 Å². The van der Waals surface area contributed by atoms with E-state index in [1.807, 2.05) is 0 Å². The van der Waals surface area contributed by atoms with Crippen LogP contribution in [-0.2, 0) is 65.4 Å². The molecule has 570 valence electrons. The molecule has 0 aliphatic rings. The zero-order valence-electron chi connectivity index (χ0n) is 63.0. The number of esters is 4. The Morgan fingerprint density at radius 1 is 0.292 bits per heavy atom. The highest BCUT2D eigenvalue weighted by atomic mass is 31.2. The number of carbonyl (C=O) groups is 4. The molecule has 0 spiro atoms. The minimum atomic E-state index is -4.96. The van der Waals surface area contributed by atoms with Crippen molar-refractivity contribution in [3.05, 3.63) is 0 Å². The summed E-state index contributed by atoms with van der Waals surface area (Å²) < 4.78 is 68.5. The maximum Gasteiger partial charge on any atom is 0.472 e. The fourth-order valence-electron chi connectivity index (χ4n) is 11.7. The SMILES string of the molecule is CCC(C)CCCCCCCCCCCCCCCCCCCCC(=O)O[C@H](COC(=O)CCCCCCCCCCC(C)C)COP(=O)(O)OCC(O)COP(=O)(O)OC[C@@H](COC(=O)CCCCCCCCCCC(C)C)OC(=O)CCCCCCCCCCCC(C)C. The Kier molecular flexibility index (Phi) is 65.0. The predicted octanol–water partition coefficient (Wildman–Crippen LogP) is 22.4. The van der Waals surface area contributed by atoms with Gasteiger partial charge in [0.25, 0.3) is 0 Å². The van der Waals surface area contributed by atoms with Crippen LogP contribution in [0.4, 0.5) is 0 Å². The number of phosphoric acid groups is 2. The van der Waals surface area contributed by atoms with E-state index in [0.29, 0.717) is 25.7 Å². The molecular formula is C77H150O17P2. The lowest BCUT2D eigenvalue weighted by Crippen LogP contribution is -2.30. The monoisotopic (exact) mass is 1410 g/mol. The molecule has 0 aliphatic carbocycles. The van der Waals surface area contributed by atoms with Crippen molar-refractivity contribution in [3.8, 4) is 0 Å². The van der Waals surface area contributed by atoms with E-state index in [0.717, 1.165) is 114 Å². The van der Waals surface area contributed by atoms with Gasteiger partial charge in [0.05, 0.1) is 26.4 Å². The molecule has 0 amide bonds. The van der Waals surface area contributed by atoms with Crippen molar-refractivity contribution in [2.45, 2.75) is 408 Å². The number of unbranched alkanes of at least 4 members (excludes halogenated alkanes) is 39. The minimum Gasteiger partial charge on any atom is -0.462 e. The molecule has 0 rings (SSSR count). The van der Waals surface area contributed by atoms with Gasteiger partial charge in [-0.3, -0.25) is 37.3 Å². The lowest BCUT2D eigenvalue weighted by molar-refractivity contribution is -0.161. The molecule has 0 saturated heterocycles. The highest BCUT2D eigenvalue weighted by molar-refractivity contribution is 7.47. The molecule has 0 aliphatic heterocycles. The van der Waals surface area contributed by atoms with E-state index in [1.165, 1.54) is 193 Å². The molecule has 0 fully saturated rings. The van der Waals surface area contributed by atoms with Crippen LogP contribution >= 0.6 is 15.6 Å². The summed E-state index contributed by atoms with van der Waals surface area (Å²) in [6, 6.07) is 0. The predicted molar refractivity (Wildman–Crippen MR) is 391 cm³/mol. The van der Waals surface area contributed by atoms with E-state index in [9.17, 15) is 43.2 Å². The quantitative estimate of drug-likeness (QED) is 0.0222. The van der Waals surface area contributed by atoms with Gasteiger partial charge in [0, 0.05) is 25.7 Å². The van der Waals surface area contributed by atoms with Crippen molar-refractivity contribution in [1.29, 1.82) is 0 Å². The molecule has 0 bridgehead atoms. The molecule has 19 heteroatoms. The van der Waals surface area contributed by atoms with Crippen molar-refractivity contribution < 1.29 is 80.2 Å². The summed E-state index contributed by atoms with van der Waals surface area (Å²) in [6.45, 7) is 14.2. The molecule has 0 aromatic heterocycles. The molecule has 96 heavy (non-hydrogen) atoms. The number of aliphatic hydroxyl groups is 1. The second-order valence-electron chi connectivity index (χ2n) is 29.4. The van der Waals surface area contributed by atoms with E-state index >= 15 is 0 Å². The first-order valence-corrected chi connectivity index (χ1v) is 42.7. The molecule has 0 heterocycles. The highest BCUT2D eigenvalue weighted by Crippen LogP contribution is 2.45. The third kappa shape index (κ3) is 69.2.